The first-order chi connectivity index (χ1) is 8.49. The summed E-state index contributed by atoms with van der Waals surface area (Å²) < 4.78 is 40.7. The van der Waals surface area contributed by atoms with E-state index in [4.69, 9.17) is 0 Å². The molecule has 1 aromatic carbocycles. The molecule has 0 aliphatic heterocycles. The number of aliphatic hydroxyl groups excluding tert-OH is 1. The van der Waals surface area contributed by atoms with Crippen molar-refractivity contribution < 1.29 is 18.3 Å². The van der Waals surface area contributed by atoms with Crippen molar-refractivity contribution in [2.75, 3.05) is 0 Å². The molecule has 0 amide bonds. The highest BCUT2D eigenvalue weighted by Crippen LogP contribution is 2.23. The standard InChI is InChI=1S/C12H11F3N2O/c1-17-5-4-7(16-17)6-10(18)8-2-3-9(13)12(15)11(8)14/h2-5,10,18H,6H2,1H3. The monoisotopic (exact) mass is 256 g/mol. The highest BCUT2D eigenvalue weighted by atomic mass is 19.2. The highest BCUT2D eigenvalue weighted by molar-refractivity contribution is 5.23. The Hall–Kier alpha value is -1.82. The van der Waals surface area contributed by atoms with Gasteiger partial charge in [-0.3, -0.25) is 4.68 Å². The molecule has 1 heterocycles. The molecule has 96 valence electrons. The number of nitrogens with zero attached hydrogens (tertiary/aromatic N) is 2. The van der Waals surface area contributed by atoms with Gasteiger partial charge in [0.1, 0.15) is 0 Å². The summed E-state index contributed by atoms with van der Waals surface area (Å²) in [5.74, 6) is -4.22. The molecule has 18 heavy (non-hydrogen) atoms. The molecular formula is C12H11F3N2O. The van der Waals surface area contributed by atoms with Crippen molar-refractivity contribution in [3.63, 3.8) is 0 Å². The Morgan fingerprint density at radius 2 is 1.94 bits per heavy atom. The van der Waals surface area contributed by atoms with Gasteiger partial charge in [-0.05, 0) is 12.1 Å². The van der Waals surface area contributed by atoms with E-state index in [1.807, 2.05) is 0 Å². The topological polar surface area (TPSA) is 38.0 Å². The van der Waals surface area contributed by atoms with E-state index in [-0.39, 0.29) is 12.0 Å². The lowest BCUT2D eigenvalue weighted by Crippen LogP contribution is -2.07. The smallest absolute Gasteiger partial charge is 0.194 e. The average Bonchev–Trinajstić information content (AvgIpc) is 2.71. The Kier molecular flexibility index (Phi) is 3.38. The summed E-state index contributed by atoms with van der Waals surface area (Å²) in [5, 5.41) is 13.8. The Labute approximate surface area is 101 Å². The molecule has 3 nitrogen and oxygen atoms in total. The van der Waals surface area contributed by atoms with Crippen LogP contribution in [0.3, 0.4) is 0 Å². The average molecular weight is 256 g/mol. The van der Waals surface area contributed by atoms with Crippen LogP contribution in [0, 0.1) is 17.5 Å². The van der Waals surface area contributed by atoms with Gasteiger partial charge in [0, 0.05) is 25.2 Å². The Morgan fingerprint density at radius 3 is 2.56 bits per heavy atom. The van der Waals surface area contributed by atoms with E-state index in [1.165, 1.54) is 4.68 Å². The van der Waals surface area contributed by atoms with Crippen molar-refractivity contribution in [2.24, 2.45) is 7.05 Å². The van der Waals surface area contributed by atoms with Crippen molar-refractivity contribution in [1.82, 2.24) is 9.78 Å². The molecule has 0 saturated heterocycles. The quantitative estimate of drug-likeness (QED) is 0.854. The molecule has 1 atom stereocenters. The zero-order chi connectivity index (χ0) is 13.3. The largest absolute Gasteiger partial charge is 0.388 e. The molecule has 1 aromatic heterocycles. The summed E-state index contributed by atoms with van der Waals surface area (Å²) in [6.45, 7) is 0. The van der Waals surface area contributed by atoms with Crippen LogP contribution in [0.15, 0.2) is 24.4 Å². The Balaban J connectivity index is 2.24. The van der Waals surface area contributed by atoms with Crippen LogP contribution < -0.4 is 0 Å². The SMILES string of the molecule is Cn1ccc(CC(O)c2ccc(F)c(F)c2F)n1. The van der Waals surface area contributed by atoms with Crippen LogP contribution in [-0.4, -0.2) is 14.9 Å². The van der Waals surface area contributed by atoms with Gasteiger partial charge in [-0.2, -0.15) is 5.10 Å². The first kappa shape index (κ1) is 12.6. The van der Waals surface area contributed by atoms with E-state index < -0.39 is 23.6 Å². The fraction of sp³-hybridized carbons (Fsp3) is 0.250. The van der Waals surface area contributed by atoms with E-state index in [1.54, 1.807) is 19.3 Å². The number of aliphatic hydroxyl groups is 1. The lowest BCUT2D eigenvalue weighted by Gasteiger charge is -2.11. The first-order valence-electron chi connectivity index (χ1n) is 5.29. The van der Waals surface area contributed by atoms with E-state index in [0.29, 0.717) is 5.69 Å². The maximum atomic E-state index is 13.4. The fourth-order valence-electron chi connectivity index (χ4n) is 1.68. The minimum Gasteiger partial charge on any atom is -0.388 e. The molecule has 0 aliphatic carbocycles. The summed E-state index contributed by atoms with van der Waals surface area (Å²) in [7, 11) is 1.70. The fourth-order valence-corrected chi connectivity index (χ4v) is 1.68. The first-order valence-corrected chi connectivity index (χ1v) is 5.29. The number of halogens is 3. The maximum Gasteiger partial charge on any atom is 0.194 e. The predicted molar refractivity (Wildman–Crippen MR) is 58.2 cm³/mol. The van der Waals surface area contributed by atoms with Crippen molar-refractivity contribution in [3.8, 4) is 0 Å². The van der Waals surface area contributed by atoms with Gasteiger partial charge in [0.15, 0.2) is 17.5 Å². The predicted octanol–water partition coefficient (Wildman–Crippen LogP) is 2.11. The van der Waals surface area contributed by atoms with E-state index >= 15 is 0 Å². The maximum absolute atomic E-state index is 13.4. The Morgan fingerprint density at radius 1 is 1.22 bits per heavy atom. The molecule has 0 aliphatic rings. The molecule has 2 rings (SSSR count). The normalized spacial score (nSPS) is 12.7. The number of aryl methyl sites for hydroxylation is 1. The van der Waals surface area contributed by atoms with Gasteiger partial charge in [-0.15, -0.1) is 0 Å². The van der Waals surface area contributed by atoms with Crippen LogP contribution in [0.4, 0.5) is 13.2 Å². The number of hydrogen-bond acceptors (Lipinski definition) is 2. The van der Waals surface area contributed by atoms with Crippen LogP contribution in [0.5, 0.6) is 0 Å². The van der Waals surface area contributed by atoms with Crippen molar-refractivity contribution in [2.45, 2.75) is 12.5 Å². The highest BCUT2D eigenvalue weighted by Gasteiger charge is 2.20. The van der Waals surface area contributed by atoms with Crippen LogP contribution in [-0.2, 0) is 13.5 Å². The number of rotatable bonds is 3. The van der Waals surface area contributed by atoms with Gasteiger partial charge in [0.2, 0.25) is 0 Å². The van der Waals surface area contributed by atoms with Crippen LogP contribution in [0.1, 0.15) is 17.4 Å². The molecule has 2 aromatic rings. The minimum atomic E-state index is -1.58. The van der Waals surface area contributed by atoms with E-state index in [9.17, 15) is 18.3 Å². The lowest BCUT2D eigenvalue weighted by atomic mass is 10.0. The second-order valence-electron chi connectivity index (χ2n) is 3.97. The number of hydrogen-bond donors (Lipinski definition) is 1. The molecule has 6 heteroatoms. The molecule has 1 N–H and O–H groups in total. The molecule has 0 saturated carbocycles. The third-order valence-corrected chi connectivity index (χ3v) is 2.60. The van der Waals surface area contributed by atoms with Gasteiger partial charge in [-0.25, -0.2) is 13.2 Å². The zero-order valence-electron chi connectivity index (χ0n) is 9.57. The van der Waals surface area contributed by atoms with Crippen LogP contribution >= 0.6 is 0 Å². The van der Waals surface area contributed by atoms with Gasteiger partial charge >= 0.3 is 0 Å². The van der Waals surface area contributed by atoms with Gasteiger partial charge in [0.25, 0.3) is 0 Å². The van der Waals surface area contributed by atoms with Crippen molar-refractivity contribution >= 4 is 0 Å². The van der Waals surface area contributed by atoms with Crippen molar-refractivity contribution in [3.05, 3.63) is 53.1 Å². The lowest BCUT2D eigenvalue weighted by molar-refractivity contribution is 0.170. The third-order valence-electron chi connectivity index (χ3n) is 2.60. The van der Waals surface area contributed by atoms with Gasteiger partial charge < -0.3 is 5.11 Å². The Bertz CT molecular complexity index is 568. The number of benzene rings is 1. The van der Waals surface area contributed by atoms with E-state index in [0.717, 1.165) is 12.1 Å². The zero-order valence-corrected chi connectivity index (χ0v) is 9.57. The molecule has 0 fully saturated rings. The van der Waals surface area contributed by atoms with Gasteiger partial charge in [-0.1, -0.05) is 6.07 Å². The molecule has 1 unspecified atom stereocenters. The third kappa shape index (κ3) is 2.38. The van der Waals surface area contributed by atoms with Gasteiger partial charge in [0.05, 0.1) is 11.8 Å². The summed E-state index contributed by atoms with van der Waals surface area (Å²) in [4.78, 5) is 0. The second kappa shape index (κ2) is 4.81. The molecule has 0 spiro atoms. The molecular weight excluding hydrogens is 245 g/mol. The summed E-state index contributed by atoms with van der Waals surface area (Å²) in [6, 6.07) is 3.47. The minimum absolute atomic E-state index is 0.0306. The molecule has 0 radical (unpaired) electrons. The van der Waals surface area contributed by atoms with Crippen LogP contribution in [0.2, 0.25) is 0 Å². The number of aromatic nitrogens is 2. The second-order valence-corrected chi connectivity index (χ2v) is 3.97. The summed E-state index contributed by atoms with van der Waals surface area (Å²) in [6.07, 6.45) is 0.432. The summed E-state index contributed by atoms with van der Waals surface area (Å²) >= 11 is 0. The molecule has 0 bridgehead atoms. The van der Waals surface area contributed by atoms with Crippen LogP contribution in [0.25, 0.3) is 0 Å². The van der Waals surface area contributed by atoms with E-state index in [2.05, 4.69) is 5.10 Å². The van der Waals surface area contributed by atoms with Crippen molar-refractivity contribution in [1.29, 1.82) is 0 Å². The summed E-state index contributed by atoms with van der Waals surface area (Å²) in [5.41, 5.74) is 0.258.